The summed E-state index contributed by atoms with van der Waals surface area (Å²) in [5, 5.41) is 0. The van der Waals surface area contributed by atoms with Crippen molar-refractivity contribution in [3.05, 3.63) is 187 Å². The zero-order chi connectivity index (χ0) is 33.1. The van der Waals surface area contributed by atoms with Gasteiger partial charge in [0.2, 0.25) is 0 Å². The van der Waals surface area contributed by atoms with E-state index in [9.17, 15) is 0 Å². The first-order chi connectivity index (χ1) is 24.8. The molecule has 3 atom stereocenters. The van der Waals surface area contributed by atoms with Crippen molar-refractivity contribution in [1.82, 2.24) is 0 Å². The van der Waals surface area contributed by atoms with Gasteiger partial charge in [0.15, 0.2) is 0 Å². The topological polar surface area (TPSA) is 3.24 Å². The van der Waals surface area contributed by atoms with Crippen LogP contribution in [0.4, 0.5) is 17.1 Å². The first-order valence-corrected chi connectivity index (χ1v) is 18.2. The molecule has 7 aromatic carbocycles. The fourth-order valence-corrected chi connectivity index (χ4v) is 9.83. The summed E-state index contributed by atoms with van der Waals surface area (Å²) >= 11 is 0. The molecule has 10 rings (SSSR count). The van der Waals surface area contributed by atoms with Gasteiger partial charge in [-0.1, -0.05) is 158 Å². The lowest BCUT2D eigenvalue weighted by atomic mass is 9.67. The average molecular weight is 642 g/mol. The van der Waals surface area contributed by atoms with Crippen molar-refractivity contribution in [3.63, 3.8) is 0 Å². The van der Waals surface area contributed by atoms with Crippen LogP contribution >= 0.6 is 0 Å². The Bertz CT molecular complexity index is 2320. The van der Waals surface area contributed by atoms with E-state index in [0.29, 0.717) is 0 Å². The number of benzene rings is 7. The summed E-state index contributed by atoms with van der Waals surface area (Å²) in [6.45, 7) is 0. The number of hydrogen-bond donors (Lipinski definition) is 0. The minimum atomic E-state index is 0.130. The first-order valence-electron chi connectivity index (χ1n) is 18.2. The van der Waals surface area contributed by atoms with Crippen molar-refractivity contribution in [2.24, 2.45) is 11.8 Å². The molecule has 1 heteroatoms. The van der Waals surface area contributed by atoms with Crippen LogP contribution in [0.2, 0.25) is 0 Å². The van der Waals surface area contributed by atoms with Crippen molar-refractivity contribution in [2.75, 3.05) is 4.90 Å². The third-order valence-corrected chi connectivity index (χ3v) is 12.0. The van der Waals surface area contributed by atoms with Gasteiger partial charge in [-0.2, -0.15) is 0 Å². The Morgan fingerprint density at radius 3 is 1.62 bits per heavy atom. The highest BCUT2D eigenvalue weighted by Gasteiger charge is 2.57. The normalized spacial score (nSPS) is 19.8. The predicted molar refractivity (Wildman–Crippen MR) is 209 cm³/mol. The van der Waals surface area contributed by atoms with Crippen LogP contribution in [-0.2, 0) is 5.41 Å². The first kappa shape index (κ1) is 29.3. The Labute approximate surface area is 295 Å². The predicted octanol–water partition coefficient (Wildman–Crippen LogP) is 13.2. The minimum Gasteiger partial charge on any atom is -0.309 e. The zero-order valence-corrected chi connectivity index (χ0v) is 28.2. The van der Waals surface area contributed by atoms with E-state index >= 15 is 0 Å². The van der Waals surface area contributed by atoms with E-state index in [1.807, 2.05) is 0 Å². The minimum absolute atomic E-state index is 0.130. The molecule has 3 aliphatic rings. The van der Waals surface area contributed by atoms with Gasteiger partial charge in [0.1, 0.15) is 0 Å². The monoisotopic (exact) mass is 641 g/mol. The molecule has 0 N–H and O–H groups in total. The molecule has 0 aromatic heterocycles. The molecular formula is C49H39N. The van der Waals surface area contributed by atoms with Crippen LogP contribution < -0.4 is 4.90 Å². The highest BCUT2D eigenvalue weighted by molar-refractivity contribution is 5.98. The van der Waals surface area contributed by atoms with Crippen LogP contribution in [0, 0.1) is 11.8 Å². The molecule has 2 bridgehead atoms. The number of nitrogens with zero attached hydrogens (tertiary/aromatic N) is 1. The molecule has 1 spiro atoms. The third-order valence-electron chi connectivity index (χ3n) is 12.0. The average Bonchev–Trinajstić information content (AvgIpc) is 3.89. The van der Waals surface area contributed by atoms with E-state index in [-0.39, 0.29) is 5.41 Å². The molecule has 2 saturated carbocycles. The van der Waals surface area contributed by atoms with E-state index in [1.165, 1.54) is 81.6 Å². The Morgan fingerprint density at radius 1 is 0.420 bits per heavy atom. The summed E-state index contributed by atoms with van der Waals surface area (Å²) in [7, 11) is 0. The molecular weight excluding hydrogens is 603 g/mol. The van der Waals surface area contributed by atoms with Gasteiger partial charge >= 0.3 is 0 Å². The lowest BCUT2D eigenvalue weighted by Gasteiger charge is -2.37. The number of fused-ring (bicyclic) bond motifs is 8. The lowest BCUT2D eigenvalue weighted by molar-refractivity contribution is 0.327. The Hall–Kier alpha value is -5.66. The highest BCUT2D eigenvalue weighted by Crippen LogP contribution is 2.67. The number of hydrogen-bond acceptors (Lipinski definition) is 1. The standard InChI is InChI=1S/C49H39N/c1-3-12-35(13-4-1)36-23-25-37(26-24-36)38-27-30-41(31-28-38)50(46-20-10-8-16-42(46)39-14-5-2-6-15-39)47-21-11-19-45-48(47)43-17-7-9-18-44(43)49(45)33-34-22-29-40(49)32-34/h1-21,23-28,30-31,34,40H,22,29,32-33H2. The highest BCUT2D eigenvalue weighted by atomic mass is 15.1. The van der Waals surface area contributed by atoms with Gasteiger partial charge in [0.25, 0.3) is 0 Å². The van der Waals surface area contributed by atoms with Gasteiger partial charge in [-0.25, -0.2) is 0 Å². The van der Waals surface area contributed by atoms with E-state index in [1.54, 1.807) is 11.1 Å². The molecule has 0 amide bonds. The SMILES string of the molecule is c1ccc(-c2ccc(-c3ccc(N(c4ccccc4-c4ccccc4)c4cccc5c4-c4ccccc4C54CC5CCC4C5)cc3)cc2)cc1. The smallest absolute Gasteiger partial charge is 0.0543 e. The molecule has 50 heavy (non-hydrogen) atoms. The second kappa shape index (κ2) is 11.7. The van der Waals surface area contributed by atoms with Gasteiger partial charge in [-0.15, -0.1) is 0 Å². The van der Waals surface area contributed by atoms with Crippen LogP contribution in [0.15, 0.2) is 176 Å². The van der Waals surface area contributed by atoms with E-state index in [4.69, 9.17) is 0 Å². The molecule has 2 fully saturated rings. The van der Waals surface area contributed by atoms with Gasteiger partial charge in [-0.3, -0.25) is 0 Å². The fourth-order valence-electron chi connectivity index (χ4n) is 9.83. The summed E-state index contributed by atoms with van der Waals surface area (Å²) < 4.78 is 0. The van der Waals surface area contributed by atoms with Crippen LogP contribution in [0.5, 0.6) is 0 Å². The molecule has 0 saturated heterocycles. The van der Waals surface area contributed by atoms with Crippen molar-refractivity contribution in [1.29, 1.82) is 0 Å². The molecule has 7 aromatic rings. The molecule has 3 unspecified atom stereocenters. The Kier molecular flexibility index (Phi) is 6.88. The third kappa shape index (κ3) is 4.53. The number of anilines is 3. The maximum atomic E-state index is 2.53. The summed E-state index contributed by atoms with van der Waals surface area (Å²) in [5.41, 5.74) is 17.1. The Balaban J connectivity index is 1.14. The Morgan fingerprint density at radius 2 is 0.960 bits per heavy atom. The molecule has 3 aliphatic carbocycles. The fraction of sp³-hybridized carbons (Fsp3) is 0.143. The molecule has 0 heterocycles. The summed E-state index contributed by atoms with van der Waals surface area (Å²) in [5.74, 6) is 1.56. The van der Waals surface area contributed by atoms with Crippen molar-refractivity contribution in [2.45, 2.75) is 31.1 Å². The summed E-state index contributed by atoms with van der Waals surface area (Å²) in [4.78, 5) is 2.53. The van der Waals surface area contributed by atoms with Gasteiger partial charge < -0.3 is 4.90 Å². The molecule has 0 aliphatic heterocycles. The second-order valence-electron chi connectivity index (χ2n) is 14.5. The molecule has 1 nitrogen and oxygen atoms in total. The van der Waals surface area contributed by atoms with E-state index < -0.39 is 0 Å². The van der Waals surface area contributed by atoms with Crippen LogP contribution in [0.3, 0.4) is 0 Å². The lowest BCUT2D eigenvalue weighted by Crippen LogP contribution is -2.31. The van der Waals surface area contributed by atoms with Gasteiger partial charge in [-0.05, 0) is 99.9 Å². The van der Waals surface area contributed by atoms with Crippen molar-refractivity contribution < 1.29 is 0 Å². The van der Waals surface area contributed by atoms with Crippen LogP contribution in [0.25, 0.3) is 44.5 Å². The quantitative estimate of drug-likeness (QED) is 0.175. The van der Waals surface area contributed by atoms with Crippen LogP contribution in [0.1, 0.15) is 36.8 Å². The molecule has 0 radical (unpaired) electrons. The van der Waals surface area contributed by atoms with Crippen molar-refractivity contribution in [3.8, 4) is 44.5 Å². The summed E-state index contributed by atoms with van der Waals surface area (Å²) in [6, 6.07) is 65.0. The largest absolute Gasteiger partial charge is 0.309 e. The number of rotatable bonds is 6. The maximum absolute atomic E-state index is 2.53. The molecule has 240 valence electrons. The maximum Gasteiger partial charge on any atom is 0.0543 e. The zero-order valence-electron chi connectivity index (χ0n) is 28.2. The number of para-hydroxylation sites is 1. The summed E-state index contributed by atoms with van der Waals surface area (Å²) in [6.07, 6.45) is 5.38. The van der Waals surface area contributed by atoms with Crippen LogP contribution in [-0.4, -0.2) is 0 Å². The van der Waals surface area contributed by atoms with E-state index in [2.05, 4.69) is 181 Å². The second-order valence-corrected chi connectivity index (χ2v) is 14.5. The van der Waals surface area contributed by atoms with Gasteiger partial charge in [0.05, 0.1) is 11.4 Å². The van der Waals surface area contributed by atoms with E-state index in [0.717, 1.165) is 17.5 Å². The van der Waals surface area contributed by atoms with Gasteiger partial charge in [0, 0.05) is 22.2 Å². The van der Waals surface area contributed by atoms with Crippen molar-refractivity contribution >= 4 is 17.1 Å².